The SMILES string of the molecule is CC1=C(O)CC(NC2=NS(=O)N=C2NCc2cc(C)c(C)o2)=CC=C1C(F)(F)F. The molecule has 0 fully saturated rings. The summed E-state index contributed by atoms with van der Waals surface area (Å²) in [6.45, 7) is 5.20. The number of aryl methyl sites for hydroxylation is 2. The maximum absolute atomic E-state index is 13.1. The summed E-state index contributed by atoms with van der Waals surface area (Å²) in [7, 11) is 0. The molecule has 1 atom stereocenters. The van der Waals surface area contributed by atoms with Crippen LogP contribution < -0.4 is 10.6 Å². The van der Waals surface area contributed by atoms with E-state index in [1.165, 1.54) is 13.0 Å². The van der Waals surface area contributed by atoms with Crippen LogP contribution in [0.25, 0.3) is 0 Å². The van der Waals surface area contributed by atoms with Gasteiger partial charge in [-0.25, -0.2) is 4.21 Å². The van der Waals surface area contributed by atoms with Gasteiger partial charge in [0.15, 0.2) is 11.7 Å². The Bertz CT molecular complexity index is 997. The first-order chi connectivity index (χ1) is 13.5. The molecule has 3 N–H and O–H groups in total. The molecule has 29 heavy (non-hydrogen) atoms. The van der Waals surface area contributed by atoms with Crippen LogP contribution in [-0.4, -0.2) is 27.2 Å². The summed E-state index contributed by atoms with van der Waals surface area (Å²) < 4.78 is 64.3. The van der Waals surface area contributed by atoms with Gasteiger partial charge in [-0.2, -0.15) is 13.2 Å². The summed E-state index contributed by atoms with van der Waals surface area (Å²) in [5, 5.41) is 15.8. The van der Waals surface area contributed by atoms with Crippen LogP contribution in [0, 0.1) is 13.8 Å². The molecule has 1 aromatic rings. The molecular formula is C18H19F3N4O3S. The second-order valence-corrected chi connectivity index (χ2v) is 7.39. The van der Waals surface area contributed by atoms with Crippen LogP contribution in [0.4, 0.5) is 13.2 Å². The van der Waals surface area contributed by atoms with Crippen molar-refractivity contribution in [2.75, 3.05) is 0 Å². The first kappa shape index (κ1) is 20.9. The highest BCUT2D eigenvalue weighted by atomic mass is 32.2. The molecule has 1 aromatic heterocycles. The monoisotopic (exact) mass is 428 g/mol. The minimum atomic E-state index is -4.59. The average Bonchev–Trinajstić information content (AvgIpc) is 3.07. The van der Waals surface area contributed by atoms with Crippen molar-refractivity contribution >= 4 is 22.8 Å². The van der Waals surface area contributed by atoms with Gasteiger partial charge in [0.05, 0.1) is 12.1 Å². The predicted molar refractivity (Wildman–Crippen MR) is 103 cm³/mol. The fourth-order valence-corrected chi connectivity index (χ4v) is 3.39. The second-order valence-electron chi connectivity index (χ2n) is 6.56. The minimum Gasteiger partial charge on any atom is -0.512 e. The topological polar surface area (TPSA) is 99.2 Å². The molecule has 0 saturated heterocycles. The number of aliphatic hydroxyl groups excluding tert-OH is 1. The lowest BCUT2D eigenvalue weighted by molar-refractivity contribution is -0.0896. The number of halogens is 3. The molecule has 2 heterocycles. The number of amidine groups is 2. The smallest absolute Gasteiger partial charge is 0.416 e. The zero-order valence-corrected chi connectivity index (χ0v) is 16.7. The fraction of sp³-hybridized carbons (Fsp3) is 0.333. The van der Waals surface area contributed by atoms with Gasteiger partial charge in [0.1, 0.15) is 17.3 Å². The van der Waals surface area contributed by atoms with Crippen molar-refractivity contribution in [1.82, 2.24) is 10.6 Å². The number of hydrogen-bond donors (Lipinski definition) is 3. The third kappa shape index (κ3) is 4.78. The van der Waals surface area contributed by atoms with E-state index in [1.807, 2.05) is 19.9 Å². The normalized spacial score (nSPS) is 20.0. The van der Waals surface area contributed by atoms with E-state index < -0.39 is 28.7 Å². The van der Waals surface area contributed by atoms with Crippen molar-refractivity contribution in [3.05, 3.63) is 57.9 Å². The van der Waals surface area contributed by atoms with Crippen LogP contribution in [0.5, 0.6) is 0 Å². The molecule has 0 bridgehead atoms. The van der Waals surface area contributed by atoms with Gasteiger partial charge in [-0.1, -0.05) is 0 Å². The minimum absolute atomic E-state index is 0.101. The number of rotatable bonds is 3. The molecule has 0 saturated carbocycles. The van der Waals surface area contributed by atoms with Gasteiger partial charge in [-0.05, 0) is 50.1 Å². The number of nitrogens with zero attached hydrogens (tertiary/aromatic N) is 2. The van der Waals surface area contributed by atoms with Crippen molar-refractivity contribution in [3.8, 4) is 0 Å². The third-order valence-corrected chi connectivity index (χ3v) is 5.12. The Hall–Kier alpha value is -2.82. The standard InChI is InChI=1S/C18H19F3N4O3S/c1-9-6-13(28-11(9)3)8-22-16-17(25-29(27)24-16)23-12-4-5-14(18(19,20)21)10(2)15(26)7-12/h4-6,26H,7-8H2,1-3H3,(H,22,24)(H,23,25). The quantitative estimate of drug-likeness (QED) is 0.684. The highest BCUT2D eigenvalue weighted by Gasteiger charge is 2.36. The molecule has 0 amide bonds. The van der Waals surface area contributed by atoms with Crippen LogP contribution in [0.3, 0.4) is 0 Å². The Kier molecular flexibility index (Phi) is 5.69. The average molecular weight is 428 g/mol. The van der Waals surface area contributed by atoms with Gasteiger partial charge in [-0.15, -0.1) is 8.80 Å². The number of aliphatic hydroxyl groups is 1. The van der Waals surface area contributed by atoms with E-state index in [0.29, 0.717) is 5.76 Å². The van der Waals surface area contributed by atoms with Gasteiger partial charge < -0.3 is 20.2 Å². The summed E-state index contributed by atoms with van der Waals surface area (Å²) in [4.78, 5) is 0. The molecule has 1 unspecified atom stereocenters. The van der Waals surface area contributed by atoms with Crippen LogP contribution >= 0.6 is 0 Å². The van der Waals surface area contributed by atoms with Crippen LogP contribution in [-0.2, 0) is 17.7 Å². The molecule has 1 aliphatic carbocycles. The number of alkyl halides is 3. The Labute approximate surface area is 167 Å². The second kappa shape index (κ2) is 7.90. The zero-order chi connectivity index (χ0) is 21.3. The van der Waals surface area contributed by atoms with E-state index in [-0.39, 0.29) is 35.9 Å². The molecule has 0 aromatic carbocycles. The van der Waals surface area contributed by atoms with E-state index in [4.69, 9.17) is 4.42 Å². The van der Waals surface area contributed by atoms with E-state index in [1.54, 1.807) is 0 Å². The summed E-state index contributed by atoms with van der Waals surface area (Å²) in [5.41, 5.74) is 0.0505. The Morgan fingerprint density at radius 2 is 1.90 bits per heavy atom. The Morgan fingerprint density at radius 1 is 1.21 bits per heavy atom. The highest BCUT2D eigenvalue weighted by molar-refractivity contribution is 7.83. The van der Waals surface area contributed by atoms with Gasteiger partial charge in [-0.3, -0.25) is 0 Å². The number of allylic oxidation sites excluding steroid dienone is 4. The summed E-state index contributed by atoms with van der Waals surface area (Å²) in [5.74, 6) is 1.28. The molecule has 156 valence electrons. The molecule has 11 heteroatoms. The zero-order valence-electron chi connectivity index (χ0n) is 15.8. The van der Waals surface area contributed by atoms with Gasteiger partial charge in [0.25, 0.3) is 11.2 Å². The lowest BCUT2D eigenvalue weighted by Gasteiger charge is -2.13. The maximum Gasteiger partial charge on any atom is 0.416 e. The first-order valence-corrected chi connectivity index (χ1v) is 9.64. The van der Waals surface area contributed by atoms with Crippen LogP contribution in [0.2, 0.25) is 0 Å². The molecule has 1 aliphatic heterocycles. The fourth-order valence-electron chi connectivity index (χ4n) is 2.75. The van der Waals surface area contributed by atoms with E-state index in [2.05, 4.69) is 19.4 Å². The van der Waals surface area contributed by atoms with Crippen LogP contribution in [0.15, 0.2) is 54.0 Å². The Morgan fingerprint density at radius 3 is 2.52 bits per heavy atom. The summed E-state index contributed by atoms with van der Waals surface area (Å²) in [6, 6.07) is 1.85. The first-order valence-electron chi connectivity index (χ1n) is 8.58. The van der Waals surface area contributed by atoms with Crippen LogP contribution in [0.1, 0.15) is 30.4 Å². The van der Waals surface area contributed by atoms with Gasteiger partial charge in [0.2, 0.25) is 0 Å². The maximum atomic E-state index is 13.1. The summed E-state index contributed by atoms with van der Waals surface area (Å²) >= 11 is -1.86. The van der Waals surface area contributed by atoms with E-state index >= 15 is 0 Å². The molecule has 0 radical (unpaired) electrons. The molecule has 7 nitrogen and oxygen atoms in total. The lowest BCUT2D eigenvalue weighted by Crippen LogP contribution is -2.37. The summed E-state index contributed by atoms with van der Waals surface area (Å²) in [6.07, 6.45) is -2.68. The highest BCUT2D eigenvalue weighted by Crippen LogP contribution is 2.34. The predicted octanol–water partition coefficient (Wildman–Crippen LogP) is 3.57. The van der Waals surface area contributed by atoms with Crippen molar-refractivity contribution in [3.63, 3.8) is 0 Å². The molecule has 0 spiro atoms. The largest absolute Gasteiger partial charge is 0.512 e. The van der Waals surface area contributed by atoms with E-state index in [0.717, 1.165) is 17.4 Å². The third-order valence-electron chi connectivity index (χ3n) is 4.44. The number of hydrogen-bond acceptors (Lipinski definition) is 5. The molecule has 2 aliphatic rings. The van der Waals surface area contributed by atoms with Crippen molar-refractivity contribution in [2.45, 2.75) is 39.9 Å². The number of nitrogens with one attached hydrogen (secondary N) is 2. The molecule has 3 rings (SSSR count). The van der Waals surface area contributed by atoms with Crippen molar-refractivity contribution in [1.29, 1.82) is 0 Å². The Balaban J connectivity index is 1.75. The number of furan rings is 1. The van der Waals surface area contributed by atoms with Crippen molar-refractivity contribution < 1.29 is 26.9 Å². The molecular weight excluding hydrogens is 409 g/mol. The van der Waals surface area contributed by atoms with Crippen molar-refractivity contribution in [2.24, 2.45) is 8.80 Å². The lowest BCUT2D eigenvalue weighted by atomic mass is 10.1. The van der Waals surface area contributed by atoms with E-state index in [9.17, 15) is 22.5 Å². The van der Waals surface area contributed by atoms with Gasteiger partial charge in [0, 0.05) is 12.1 Å². The van der Waals surface area contributed by atoms with Gasteiger partial charge >= 0.3 is 6.18 Å².